The lowest BCUT2D eigenvalue weighted by Gasteiger charge is -2.32. The SMILES string of the molecule is CN(C)c1ccc([N+](=O)[O-])cc1C(=O)N[C@@H]1CCN2CCCC[C@@H]12. The van der Waals surface area contributed by atoms with Crippen LogP contribution >= 0.6 is 0 Å². The predicted molar refractivity (Wildman–Crippen MR) is 92.5 cm³/mol. The maximum absolute atomic E-state index is 12.8. The van der Waals surface area contributed by atoms with Gasteiger partial charge in [-0.25, -0.2) is 0 Å². The first-order valence-corrected chi connectivity index (χ1v) is 8.48. The molecule has 0 bridgehead atoms. The average molecular weight is 332 g/mol. The lowest BCUT2D eigenvalue weighted by atomic mass is 9.98. The number of hydrogen-bond donors (Lipinski definition) is 1. The smallest absolute Gasteiger partial charge is 0.270 e. The molecule has 130 valence electrons. The molecule has 1 N–H and O–H groups in total. The molecule has 2 atom stereocenters. The maximum Gasteiger partial charge on any atom is 0.270 e. The van der Waals surface area contributed by atoms with Crippen molar-refractivity contribution in [2.45, 2.75) is 37.8 Å². The Morgan fingerprint density at radius 3 is 2.79 bits per heavy atom. The quantitative estimate of drug-likeness (QED) is 0.674. The van der Waals surface area contributed by atoms with E-state index in [1.165, 1.54) is 25.0 Å². The van der Waals surface area contributed by atoms with Gasteiger partial charge in [-0.1, -0.05) is 6.42 Å². The second-order valence-corrected chi connectivity index (χ2v) is 6.82. The fourth-order valence-corrected chi connectivity index (χ4v) is 3.87. The van der Waals surface area contributed by atoms with Crippen LogP contribution < -0.4 is 10.2 Å². The second-order valence-electron chi connectivity index (χ2n) is 6.82. The fraction of sp³-hybridized carbons (Fsp3) is 0.588. The molecule has 7 nitrogen and oxygen atoms in total. The van der Waals surface area contributed by atoms with Crippen molar-refractivity contribution >= 4 is 17.3 Å². The minimum Gasteiger partial charge on any atom is -0.377 e. The van der Waals surface area contributed by atoms with Gasteiger partial charge in [-0.05, 0) is 31.9 Å². The zero-order valence-electron chi connectivity index (χ0n) is 14.2. The number of non-ortho nitro benzene ring substituents is 1. The molecule has 3 rings (SSSR count). The number of carbonyl (C=O) groups is 1. The molecule has 2 aliphatic rings. The van der Waals surface area contributed by atoms with E-state index < -0.39 is 4.92 Å². The van der Waals surface area contributed by atoms with Gasteiger partial charge in [0.2, 0.25) is 0 Å². The van der Waals surface area contributed by atoms with Gasteiger partial charge in [0.1, 0.15) is 0 Å². The fourth-order valence-electron chi connectivity index (χ4n) is 3.87. The van der Waals surface area contributed by atoms with Crippen molar-refractivity contribution in [3.8, 4) is 0 Å². The molecule has 2 fully saturated rings. The second kappa shape index (κ2) is 6.76. The van der Waals surface area contributed by atoms with Crippen LogP contribution in [0.1, 0.15) is 36.0 Å². The van der Waals surface area contributed by atoms with Crippen molar-refractivity contribution in [2.75, 3.05) is 32.1 Å². The number of fused-ring (bicyclic) bond motifs is 1. The highest BCUT2D eigenvalue weighted by Gasteiger charge is 2.36. The molecule has 24 heavy (non-hydrogen) atoms. The first-order valence-electron chi connectivity index (χ1n) is 8.48. The summed E-state index contributed by atoms with van der Waals surface area (Å²) in [6, 6.07) is 4.98. The summed E-state index contributed by atoms with van der Waals surface area (Å²) in [6.45, 7) is 2.13. The molecule has 1 aromatic carbocycles. The van der Waals surface area contributed by atoms with Crippen LogP contribution in [0.2, 0.25) is 0 Å². The number of nitro groups is 1. The Bertz CT molecular complexity index is 647. The topological polar surface area (TPSA) is 78.7 Å². The normalized spacial score (nSPS) is 23.6. The van der Waals surface area contributed by atoms with E-state index in [1.54, 1.807) is 11.0 Å². The first kappa shape index (κ1) is 16.7. The summed E-state index contributed by atoms with van der Waals surface area (Å²) in [4.78, 5) is 27.6. The van der Waals surface area contributed by atoms with E-state index >= 15 is 0 Å². The van der Waals surface area contributed by atoms with E-state index in [0.29, 0.717) is 17.3 Å². The van der Waals surface area contributed by atoms with E-state index in [4.69, 9.17) is 0 Å². The Labute approximate surface area is 141 Å². The third kappa shape index (κ3) is 3.21. The van der Waals surface area contributed by atoms with Gasteiger partial charge in [0.05, 0.1) is 10.5 Å². The Balaban J connectivity index is 1.81. The zero-order valence-corrected chi connectivity index (χ0v) is 14.2. The van der Waals surface area contributed by atoms with E-state index in [2.05, 4.69) is 10.2 Å². The van der Waals surface area contributed by atoms with Crippen molar-refractivity contribution in [3.63, 3.8) is 0 Å². The number of piperidine rings is 1. The van der Waals surface area contributed by atoms with Crippen molar-refractivity contribution in [3.05, 3.63) is 33.9 Å². The molecular weight excluding hydrogens is 308 g/mol. The molecule has 7 heteroatoms. The molecule has 0 radical (unpaired) electrons. The van der Waals surface area contributed by atoms with Crippen LogP contribution in [0.15, 0.2) is 18.2 Å². The van der Waals surface area contributed by atoms with Crippen LogP contribution in [0.5, 0.6) is 0 Å². The van der Waals surface area contributed by atoms with Crippen LogP contribution in [-0.2, 0) is 0 Å². The molecule has 0 unspecified atom stereocenters. The largest absolute Gasteiger partial charge is 0.377 e. The molecule has 0 spiro atoms. The number of carbonyl (C=O) groups excluding carboxylic acids is 1. The van der Waals surface area contributed by atoms with E-state index in [1.807, 2.05) is 14.1 Å². The van der Waals surface area contributed by atoms with Crippen LogP contribution in [0, 0.1) is 10.1 Å². The highest BCUT2D eigenvalue weighted by Crippen LogP contribution is 2.29. The number of nitrogens with zero attached hydrogens (tertiary/aromatic N) is 3. The van der Waals surface area contributed by atoms with Gasteiger partial charge in [0.25, 0.3) is 11.6 Å². The average Bonchev–Trinajstić information content (AvgIpc) is 2.97. The summed E-state index contributed by atoms with van der Waals surface area (Å²) < 4.78 is 0. The summed E-state index contributed by atoms with van der Waals surface area (Å²) >= 11 is 0. The molecule has 0 aromatic heterocycles. The molecule has 0 aliphatic carbocycles. The van der Waals surface area contributed by atoms with E-state index in [0.717, 1.165) is 25.9 Å². The van der Waals surface area contributed by atoms with Crippen LogP contribution in [0.4, 0.5) is 11.4 Å². The third-order valence-corrected chi connectivity index (χ3v) is 5.09. The molecule has 2 heterocycles. The van der Waals surface area contributed by atoms with Crippen molar-refractivity contribution in [1.82, 2.24) is 10.2 Å². The van der Waals surface area contributed by atoms with Gasteiger partial charge < -0.3 is 10.2 Å². The number of nitro benzene ring substituents is 1. The predicted octanol–water partition coefficient (Wildman–Crippen LogP) is 2.02. The molecule has 1 aromatic rings. The van der Waals surface area contributed by atoms with Gasteiger partial charge in [0.15, 0.2) is 0 Å². The number of nitrogens with one attached hydrogen (secondary N) is 1. The number of hydrogen-bond acceptors (Lipinski definition) is 5. The molecular formula is C17H24N4O3. The van der Waals surface area contributed by atoms with Crippen molar-refractivity contribution < 1.29 is 9.72 Å². The number of benzene rings is 1. The minimum absolute atomic E-state index is 0.0588. The van der Waals surface area contributed by atoms with E-state index in [9.17, 15) is 14.9 Å². The Morgan fingerprint density at radius 1 is 1.29 bits per heavy atom. The lowest BCUT2D eigenvalue weighted by Crippen LogP contribution is -2.47. The van der Waals surface area contributed by atoms with Crippen LogP contribution in [0.25, 0.3) is 0 Å². The third-order valence-electron chi connectivity index (χ3n) is 5.09. The first-order chi connectivity index (χ1) is 11.5. The Morgan fingerprint density at radius 2 is 2.08 bits per heavy atom. The Kier molecular flexibility index (Phi) is 4.71. The zero-order chi connectivity index (χ0) is 17.3. The van der Waals surface area contributed by atoms with Crippen LogP contribution in [-0.4, -0.2) is 55.0 Å². The van der Waals surface area contributed by atoms with Gasteiger partial charge in [-0.3, -0.25) is 19.8 Å². The molecule has 0 saturated carbocycles. The highest BCUT2D eigenvalue weighted by molar-refractivity contribution is 6.00. The standard InChI is InChI=1S/C17H24N4O3/c1-19(2)15-7-6-12(21(23)24)11-13(15)17(22)18-14-8-10-20-9-4-3-5-16(14)20/h6-7,11,14,16H,3-5,8-10H2,1-2H3,(H,18,22)/t14-,16+/m1/s1. The van der Waals surface area contributed by atoms with Gasteiger partial charge >= 0.3 is 0 Å². The summed E-state index contributed by atoms with van der Waals surface area (Å²) in [5, 5.41) is 14.2. The van der Waals surface area contributed by atoms with Gasteiger partial charge in [-0.2, -0.15) is 0 Å². The molecule has 2 saturated heterocycles. The van der Waals surface area contributed by atoms with Gasteiger partial charge in [0, 0.05) is 50.5 Å². The minimum atomic E-state index is -0.464. The summed E-state index contributed by atoms with van der Waals surface area (Å²) in [7, 11) is 3.66. The van der Waals surface area contributed by atoms with E-state index in [-0.39, 0.29) is 17.6 Å². The summed E-state index contributed by atoms with van der Waals surface area (Å²) in [5.74, 6) is -0.222. The van der Waals surface area contributed by atoms with Crippen molar-refractivity contribution in [2.24, 2.45) is 0 Å². The molecule has 2 aliphatic heterocycles. The van der Waals surface area contributed by atoms with Crippen LogP contribution in [0.3, 0.4) is 0 Å². The van der Waals surface area contributed by atoms with Crippen molar-refractivity contribution in [1.29, 1.82) is 0 Å². The number of anilines is 1. The number of amides is 1. The number of rotatable bonds is 4. The summed E-state index contributed by atoms with van der Waals surface area (Å²) in [5.41, 5.74) is 0.997. The summed E-state index contributed by atoms with van der Waals surface area (Å²) in [6.07, 6.45) is 4.49. The Hall–Kier alpha value is -2.15. The van der Waals surface area contributed by atoms with Gasteiger partial charge in [-0.15, -0.1) is 0 Å². The monoisotopic (exact) mass is 332 g/mol. The maximum atomic E-state index is 12.8. The molecule has 1 amide bonds. The lowest BCUT2D eigenvalue weighted by molar-refractivity contribution is -0.384. The highest BCUT2D eigenvalue weighted by atomic mass is 16.6.